The number of hydrogen-bond donors (Lipinski definition) is 1. The predicted octanol–water partition coefficient (Wildman–Crippen LogP) is 1.50. The highest BCUT2D eigenvalue weighted by Crippen LogP contribution is 2.73. The van der Waals surface area contributed by atoms with Crippen molar-refractivity contribution in [3.05, 3.63) is 23.5 Å². The maximum atomic E-state index is 12.7. The Bertz CT molecular complexity index is 792. The Hall–Kier alpha value is -2.15. The van der Waals surface area contributed by atoms with Crippen LogP contribution in [0.3, 0.4) is 0 Å². The molecule has 2 saturated carbocycles. The minimum absolute atomic E-state index is 0.0650. The maximum Gasteiger partial charge on any atom is 0.337 e. The average molecular weight is 376 g/mol. The molecule has 0 aromatic rings. The van der Waals surface area contributed by atoms with Crippen molar-refractivity contribution in [2.45, 2.75) is 46.5 Å². The Morgan fingerprint density at radius 1 is 1.22 bits per heavy atom. The Balaban J connectivity index is 1.58. The molecule has 6 atom stereocenters. The van der Waals surface area contributed by atoms with E-state index in [2.05, 4.69) is 13.8 Å². The minimum Gasteiger partial charge on any atom is -0.462 e. The van der Waals surface area contributed by atoms with E-state index in [4.69, 9.17) is 14.2 Å². The molecule has 4 aliphatic rings. The van der Waals surface area contributed by atoms with Gasteiger partial charge in [0, 0.05) is 23.0 Å². The third kappa shape index (κ3) is 2.55. The molecule has 2 aliphatic heterocycles. The summed E-state index contributed by atoms with van der Waals surface area (Å²) >= 11 is 0. The van der Waals surface area contributed by atoms with Crippen molar-refractivity contribution >= 4 is 17.7 Å². The zero-order valence-electron chi connectivity index (χ0n) is 15.9. The van der Waals surface area contributed by atoms with E-state index in [0.717, 1.165) is 0 Å². The van der Waals surface area contributed by atoms with Crippen LogP contribution in [0.15, 0.2) is 23.5 Å². The molecule has 0 radical (unpaired) electrons. The molecule has 2 heterocycles. The second-order valence-electron chi connectivity index (χ2n) is 8.90. The van der Waals surface area contributed by atoms with Crippen molar-refractivity contribution in [2.24, 2.45) is 28.6 Å². The summed E-state index contributed by atoms with van der Waals surface area (Å²) in [7, 11) is 0. The summed E-state index contributed by atoms with van der Waals surface area (Å²) in [5.74, 6) is -1.41. The molecule has 0 spiro atoms. The van der Waals surface area contributed by atoms with Gasteiger partial charge in [0.25, 0.3) is 6.29 Å². The summed E-state index contributed by atoms with van der Waals surface area (Å²) in [5.41, 5.74) is -0.0887. The van der Waals surface area contributed by atoms with E-state index in [9.17, 15) is 19.5 Å². The van der Waals surface area contributed by atoms with Crippen molar-refractivity contribution in [2.75, 3.05) is 6.61 Å². The van der Waals surface area contributed by atoms with Crippen LogP contribution in [0.25, 0.3) is 0 Å². The Labute approximate surface area is 157 Å². The number of fused-ring (bicyclic) bond motifs is 1. The summed E-state index contributed by atoms with van der Waals surface area (Å²) in [4.78, 5) is 36.4. The van der Waals surface area contributed by atoms with Gasteiger partial charge >= 0.3 is 11.9 Å². The topological polar surface area (TPSA) is 99.1 Å². The summed E-state index contributed by atoms with van der Waals surface area (Å²) in [5, 5.41) is 10.2. The molecule has 2 aliphatic carbocycles. The highest BCUT2D eigenvalue weighted by atomic mass is 16.7. The van der Waals surface area contributed by atoms with Crippen molar-refractivity contribution in [1.82, 2.24) is 0 Å². The number of carbonyl (C=O) groups excluding carboxylic acids is 3. The van der Waals surface area contributed by atoms with E-state index < -0.39 is 29.7 Å². The number of rotatable bonds is 3. The third-order valence-corrected chi connectivity index (χ3v) is 6.71. The van der Waals surface area contributed by atoms with Crippen LogP contribution in [-0.4, -0.2) is 41.8 Å². The molecule has 1 saturated heterocycles. The second kappa shape index (κ2) is 5.67. The van der Waals surface area contributed by atoms with Crippen LogP contribution in [-0.2, 0) is 28.6 Å². The lowest BCUT2D eigenvalue weighted by Crippen LogP contribution is -2.40. The first-order chi connectivity index (χ1) is 12.6. The summed E-state index contributed by atoms with van der Waals surface area (Å²) in [6, 6.07) is 0. The average Bonchev–Trinajstić information content (AvgIpc) is 2.89. The third-order valence-electron chi connectivity index (χ3n) is 6.71. The largest absolute Gasteiger partial charge is 0.462 e. The van der Waals surface area contributed by atoms with E-state index in [1.54, 1.807) is 6.92 Å². The quantitative estimate of drug-likeness (QED) is 0.453. The van der Waals surface area contributed by atoms with Crippen LogP contribution in [0, 0.1) is 28.6 Å². The molecule has 27 heavy (non-hydrogen) atoms. The molecule has 7 nitrogen and oxygen atoms in total. The van der Waals surface area contributed by atoms with Gasteiger partial charge < -0.3 is 19.3 Å². The molecule has 0 aromatic heterocycles. The van der Waals surface area contributed by atoms with Crippen LogP contribution in [0.1, 0.15) is 34.1 Å². The lowest BCUT2D eigenvalue weighted by atomic mass is 9.71. The first-order valence-electron chi connectivity index (χ1n) is 9.22. The minimum atomic E-state index is -0.973. The number of ketones is 1. The van der Waals surface area contributed by atoms with Crippen molar-refractivity contribution < 1.29 is 33.7 Å². The van der Waals surface area contributed by atoms with Gasteiger partial charge in [0.2, 0.25) is 0 Å². The zero-order chi connectivity index (χ0) is 19.7. The number of hydrogen-bond acceptors (Lipinski definition) is 7. The fourth-order valence-corrected chi connectivity index (χ4v) is 5.52. The van der Waals surface area contributed by atoms with Crippen LogP contribution >= 0.6 is 0 Å². The van der Waals surface area contributed by atoms with E-state index in [0.29, 0.717) is 17.6 Å². The van der Waals surface area contributed by atoms with Gasteiger partial charge in [-0.3, -0.25) is 4.79 Å². The molecule has 0 unspecified atom stereocenters. The van der Waals surface area contributed by atoms with Crippen LogP contribution in [0.2, 0.25) is 0 Å². The number of cyclic esters (lactones) is 2. The van der Waals surface area contributed by atoms with Crippen LogP contribution < -0.4 is 0 Å². The summed E-state index contributed by atoms with van der Waals surface area (Å²) in [6.07, 6.45) is 1.42. The van der Waals surface area contributed by atoms with Crippen LogP contribution in [0.5, 0.6) is 0 Å². The van der Waals surface area contributed by atoms with Gasteiger partial charge in [-0.05, 0) is 30.6 Å². The SMILES string of the molecule is CC1=C[C@H](O/C=C2\C(=O)OC[C@H]2[C@@H]2[C@@H]3C(C)(C)C[C@@H](O)C(=O)[C@]23C)OC1=O. The van der Waals surface area contributed by atoms with Gasteiger partial charge in [-0.25, -0.2) is 9.59 Å². The van der Waals surface area contributed by atoms with Gasteiger partial charge in [-0.1, -0.05) is 20.8 Å². The Morgan fingerprint density at radius 3 is 2.56 bits per heavy atom. The van der Waals surface area contributed by atoms with Crippen molar-refractivity contribution in [3.8, 4) is 0 Å². The number of aliphatic hydroxyl groups is 1. The maximum absolute atomic E-state index is 12.7. The van der Waals surface area contributed by atoms with E-state index in [1.807, 2.05) is 6.92 Å². The van der Waals surface area contributed by atoms with Gasteiger partial charge in [0.1, 0.15) is 6.10 Å². The van der Waals surface area contributed by atoms with Gasteiger partial charge in [0.15, 0.2) is 5.78 Å². The molecule has 7 heteroatoms. The highest BCUT2D eigenvalue weighted by molar-refractivity contribution is 5.95. The monoisotopic (exact) mass is 376 g/mol. The van der Waals surface area contributed by atoms with E-state index in [1.165, 1.54) is 12.3 Å². The van der Waals surface area contributed by atoms with Gasteiger partial charge in [-0.15, -0.1) is 0 Å². The lowest BCUT2D eigenvalue weighted by Gasteiger charge is -2.34. The molecule has 3 fully saturated rings. The zero-order valence-corrected chi connectivity index (χ0v) is 15.9. The van der Waals surface area contributed by atoms with Crippen molar-refractivity contribution in [1.29, 1.82) is 0 Å². The normalized spacial score (nSPS) is 43.9. The summed E-state index contributed by atoms with van der Waals surface area (Å²) < 4.78 is 15.7. The number of Topliss-reactive ketones (excluding diaryl/α,β-unsaturated/α-hetero) is 1. The number of aliphatic hydroxyl groups excluding tert-OH is 1. The Morgan fingerprint density at radius 2 is 1.93 bits per heavy atom. The van der Waals surface area contributed by atoms with Gasteiger partial charge in [0.05, 0.1) is 18.4 Å². The molecule has 0 amide bonds. The molecule has 0 bridgehead atoms. The first kappa shape index (κ1) is 18.2. The fraction of sp³-hybridized carbons (Fsp3) is 0.650. The predicted molar refractivity (Wildman–Crippen MR) is 91.8 cm³/mol. The molecular formula is C20H24O7. The fourth-order valence-electron chi connectivity index (χ4n) is 5.52. The highest BCUT2D eigenvalue weighted by Gasteiger charge is 2.76. The standard InChI is InChI=1S/C20H24O7/c1-9-5-13(27-17(9)23)25-8-11-10(7-26-18(11)24)14-15-19(2,3)6-12(21)16(22)20(14,15)4/h5,8,10,12-15,21H,6-7H2,1-4H3/b11-8-/t10-,12-,13-,14-,15-,20-/m1/s1. The molecule has 146 valence electrons. The van der Waals surface area contributed by atoms with Gasteiger partial charge in [-0.2, -0.15) is 0 Å². The second-order valence-corrected chi connectivity index (χ2v) is 8.90. The van der Waals surface area contributed by atoms with Crippen LogP contribution in [0.4, 0.5) is 0 Å². The lowest BCUT2D eigenvalue weighted by molar-refractivity contribution is -0.152. The molecular weight excluding hydrogens is 352 g/mol. The summed E-state index contributed by atoms with van der Waals surface area (Å²) in [6.45, 7) is 7.79. The number of ether oxygens (including phenoxy) is 3. The molecule has 4 rings (SSSR count). The van der Waals surface area contributed by atoms with E-state index >= 15 is 0 Å². The number of esters is 2. The molecule has 1 N–H and O–H groups in total. The smallest absolute Gasteiger partial charge is 0.337 e. The number of carbonyl (C=O) groups is 3. The Kier molecular flexibility index (Phi) is 3.83. The van der Waals surface area contributed by atoms with E-state index in [-0.39, 0.29) is 35.6 Å². The van der Waals surface area contributed by atoms with Crippen molar-refractivity contribution in [3.63, 3.8) is 0 Å². The first-order valence-corrected chi connectivity index (χ1v) is 9.22. The molecule has 0 aromatic carbocycles.